The van der Waals surface area contributed by atoms with Gasteiger partial charge in [-0.05, 0) is 32.1 Å². The summed E-state index contributed by atoms with van der Waals surface area (Å²) in [5.41, 5.74) is -0.160. The van der Waals surface area contributed by atoms with Crippen LogP contribution in [-0.4, -0.2) is 42.0 Å². The van der Waals surface area contributed by atoms with Crippen molar-refractivity contribution in [1.29, 1.82) is 0 Å². The van der Waals surface area contributed by atoms with Crippen LogP contribution in [0.2, 0.25) is 0 Å². The maximum absolute atomic E-state index is 12.4. The van der Waals surface area contributed by atoms with Gasteiger partial charge in [0.15, 0.2) is 0 Å². The van der Waals surface area contributed by atoms with Gasteiger partial charge in [0.1, 0.15) is 0 Å². The number of hydrogen-bond acceptors (Lipinski definition) is 3. The largest absolute Gasteiger partial charge is 0.394 e. The molecule has 0 bridgehead atoms. The Labute approximate surface area is 125 Å². The molecule has 118 valence electrons. The van der Waals surface area contributed by atoms with E-state index in [1.807, 2.05) is 0 Å². The van der Waals surface area contributed by atoms with Crippen molar-refractivity contribution >= 4 is 6.03 Å². The van der Waals surface area contributed by atoms with E-state index in [9.17, 15) is 9.90 Å². The Bertz CT molecular complexity index is 429. The molecule has 0 radical (unpaired) electrons. The maximum atomic E-state index is 12.4. The van der Waals surface area contributed by atoms with E-state index in [4.69, 9.17) is 4.74 Å². The lowest BCUT2D eigenvalue weighted by molar-refractivity contribution is -0.172. The van der Waals surface area contributed by atoms with E-state index in [1.165, 1.54) is 19.3 Å². The highest BCUT2D eigenvalue weighted by Crippen LogP contribution is 2.62. The molecule has 3 aliphatic carbocycles. The normalized spacial score (nSPS) is 38.4. The molecular formula is C16H26N2O3. The van der Waals surface area contributed by atoms with Crippen molar-refractivity contribution in [2.75, 3.05) is 13.2 Å². The number of carbonyl (C=O) groups is 1. The monoisotopic (exact) mass is 294 g/mol. The molecule has 5 nitrogen and oxygen atoms in total. The van der Waals surface area contributed by atoms with Crippen molar-refractivity contribution in [2.24, 2.45) is 11.3 Å². The Morgan fingerprint density at radius 3 is 2.57 bits per heavy atom. The van der Waals surface area contributed by atoms with E-state index in [2.05, 4.69) is 10.6 Å². The first-order chi connectivity index (χ1) is 10.2. The van der Waals surface area contributed by atoms with Gasteiger partial charge in [0.25, 0.3) is 0 Å². The maximum Gasteiger partial charge on any atom is 0.315 e. The highest BCUT2D eigenvalue weighted by atomic mass is 16.5. The van der Waals surface area contributed by atoms with Crippen LogP contribution in [0.5, 0.6) is 0 Å². The molecule has 3 N–H and O–H groups in total. The number of hydrogen-bond donors (Lipinski definition) is 3. The SMILES string of the molecule is O=C(NC1C2CCOC2C12CCC2)NC1(CO)CCCC1. The molecule has 21 heavy (non-hydrogen) atoms. The topological polar surface area (TPSA) is 70.6 Å². The van der Waals surface area contributed by atoms with Crippen molar-refractivity contribution < 1.29 is 14.6 Å². The van der Waals surface area contributed by atoms with Gasteiger partial charge >= 0.3 is 6.03 Å². The fourth-order valence-corrected chi connectivity index (χ4v) is 5.25. The summed E-state index contributed by atoms with van der Waals surface area (Å²) in [5, 5.41) is 15.9. The minimum absolute atomic E-state index is 0.0470. The van der Waals surface area contributed by atoms with Gasteiger partial charge in [-0.1, -0.05) is 19.3 Å². The molecule has 0 aromatic rings. The predicted molar refractivity (Wildman–Crippen MR) is 77.9 cm³/mol. The number of nitrogens with one attached hydrogen (secondary N) is 2. The zero-order chi connectivity index (χ0) is 14.5. The number of fused-ring (bicyclic) bond motifs is 2. The first-order valence-electron chi connectivity index (χ1n) is 8.50. The Morgan fingerprint density at radius 1 is 1.19 bits per heavy atom. The van der Waals surface area contributed by atoms with Crippen molar-refractivity contribution in [2.45, 2.75) is 69.1 Å². The molecule has 4 fully saturated rings. The molecule has 3 atom stereocenters. The fraction of sp³-hybridized carbons (Fsp3) is 0.938. The van der Waals surface area contributed by atoms with Crippen molar-refractivity contribution in [1.82, 2.24) is 10.6 Å². The lowest BCUT2D eigenvalue weighted by atomic mass is 9.46. The quantitative estimate of drug-likeness (QED) is 0.739. The first-order valence-corrected chi connectivity index (χ1v) is 8.50. The van der Waals surface area contributed by atoms with E-state index in [0.29, 0.717) is 12.0 Å². The number of aliphatic hydroxyl groups is 1. The standard InChI is InChI=1S/C16H26N2O3/c19-10-15(5-1-2-6-15)18-14(20)17-12-11-4-9-21-13(11)16(12)7-3-8-16/h11-13,19H,1-10H2,(H2,17,18,20). The second-order valence-electron chi connectivity index (χ2n) is 7.55. The van der Waals surface area contributed by atoms with Crippen LogP contribution in [0.4, 0.5) is 4.79 Å². The van der Waals surface area contributed by atoms with Gasteiger partial charge in [0.2, 0.25) is 0 Å². The number of carbonyl (C=O) groups excluding carboxylic acids is 1. The molecule has 1 saturated heterocycles. The Balaban J connectivity index is 1.40. The summed E-state index contributed by atoms with van der Waals surface area (Å²) in [6, 6.07) is 0.184. The zero-order valence-corrected chi connectivity index (χ0v) is 12.6. The summed E-state index contributed by atoms with van der Waals surface area (Å²) in [7, 11) is 0. The van der Waals surface area contributed by atoms with Crippen LogP contribution >= 0.6 is 0 Å². The Kier molecular flexibility index (Phi) is 3.19. The van der Waals surface area contributed by atoms with E-state index in [1.54, 1.807) is 0 Å². The van der Waals surface area contributed by atoms with Crippen molar-refractivity contribution in [3.05, 3.63) is 0 Å². The fourth-order valence-electron chi connectivity index (χ4n) is 5.25. The molecule has 1 aliphatic heterocycles. The smallest absolute Gasteiger partial charge is 0.315 e. The molecule has 0 aromatic heterocycles. The molecule has 1 heterocycles. The van der Waals surface area contributed by atoms with Crippen LogP contribution < -0.4 is 10.6 Å². The van der Waals surface area contributed by atoms with E-state index in [-0.39, 0.29) is 29.6 Å². The van der Waals surface area contributed by atoms with Crippen LogP contribution in [0.15, 0.2) is 0 Å². The van der Waals surface area contributed by atoms with Crippen LogP contribution in [0.3, 0.4) is 0 Å². The summed E-state index contributed by atoms with van der Waals surface area (Å²) in [6.45, 7) is 0.892. The molecule has 0 aromatic carbocycles. The molecule has 3 saturated carbocycles. The summed E-state index contributed by atoms with van der Waals surface area (Å²) < 4.78 is 5.88. The molecule has 3 unspecified atom stereocenters. The van der Waals surface area contributed by atoms with Crippen molar-refractivity contribution in [3.8, 4) is 0 Å². The zero-order valence-electron chi connectivity index (χ0n) is 12.6. The second kappa shape index (κ2) is 4.85. The summed E-state index contributed by atoms with van der Waals surface area (Å²) in [6.07, 6.45) is 9.04. The number of amides is 2. The average molecular weight is 294 g/mol. The van der Waals surface area contributed by atoms with Gasteiger partial charge in [0.05, 0.1) is 18.2 Å². The number of rotatable bonds is 3. The summed E-state index contributed by atoms with van der Waals surface area (Å²) in [4.78, 5) is 12.4. The first kappa shape index (κ1) is 13.8. The van der Waals surface area contributed by atoms with Gasteiger partial charge < -0.3 is 20.5 Å². The summed E-state index contributed by atoms with van der Waals surface area (Å²) >= 11 is 0. The van der Waals surface area contributed by atoms with Crippen molar-refractivity contribution in [3.63, 3.8) is 0 Å². The van der Waals surface area contributed by atoms with Crippen LogP contribution in [0, 0.1) is 11.3 Å². The lowest BCUT2D eigenvalue weighted by Crippen LogP contribution is -2.73. The minimum Gasteiger partial charge on any atom is -0.394 e. The van der Waals surface area contributed by atoms with E-state index < -0.39 is 0 Å². The summed E-state index contributed by atoms with van der Waals surface area (Å²) in [5.74, 6) is 0.504. The van der Waals surface area contributed by atoms with Crippen LogP contribution in [0.25, 0.3) is 0 Å². The van der Waals surface area contributed by atoms with Crippen LogP contribution in [-0.2, 0) is 4.74 Å². The predicted octanol–water partition coefficient (Wildman–Crippen LogP) is 1.55. The number of ether oxygens (including phenoxy) is 1. The average Bonchev–Trinajstić information content (AvgIpc) is 3.03. The molecule has 1 spiro atoms. The minimum atomic E-state index is -0.383. The van der Waals surface area contributed by atoms with Gasteiger partial charge in [-0.15, -0.1) is 0 Å². The molecule has 4 rings (SSSR count). The van der Waals surface area contributed by atoms with Gasteiger partial charge in [-0.3, -0.25) is 0 Å². The number of aliphatic hydroxyl groups excluding tert-OH is 1. The third-order valence-electron chi connectivity index (χ3n) is 6.56. The Hall–Kier alpha value is -0.810. The highest BCUT2D eigenvalue weighted by molar-refractivity contribution is 5.75. The van der Waals surface area contributed by atoms with Gasteiger partial charge in [-0.2, -0.15) is 0 Å². The van der Waals surface area contributed by atoms with E-state index >= 15 is 0 Å². The molecule has 5 heteroatoms. The molecular weight excluding hydrogens is 268 g/mol. The number of urea groups is 1. The highest BCUT2D eigenvalue weighted by Gasteiger charge is 2.67. The lowest BCUT2D eigenvalue weighted by Gasteiger charge is -2.63. The third-order valence-corrected chi connectivity index (χ3v) is 6.56. The molecule has 4 aliphatic rings. The molecule has 2 amide bonds. The second-order valence-corrected chi connectivity index (χ2v) is 7.55. The van der Waals surface area contributed by atoms with Crippen LogP contribution in [0.1, 0.15) is 51.4 Å². The Morgan fingerprint density at radius 2 is 1.95 bits per heavy atom. The van der Waals surface area contributed by atoms with Gasteiger partial charge in [0, 0.05) is 24.0 Å². The van der Waals surface area contributed by atoms with E-state index in [0.717, 1.165) is 38.7 Å². The van der Waals surface area contributed by atoms with Gasteiger partial charge in [-0.25, -0.2) is 4.79 Å². The third kappa shape index (κ3) is 1.93.